The van der Waals surface area contributed by atoms with Crippen LogP contribution in [0.1, 0.15) is 30.7 Å². The van der Waals surface area contributed by atoms with Crippen LogP contribution in [0.15, 0.2) is 39.9 Å². The fraction of sp³-hybridized carbons (Fsp3) is 0.478. The van der Waals surface area contributed by atoms with Crippen LogP contribution in [-0.2, 0) is 16.1 Å². The lowest BCUT2D eigenvalue weighted by Gasteiger charge is -2.39. The number of rotatable bonds is 3. The molecule has 6 nitrogen and oxygen atoms in total. The van der Waals surface area contributed by atoms with Crippen LogP contribution in [-0.4, -0.2) is 66.0 Å². The Balaban J connectivity index is 1.57. The van der Waals surface area contributed by atoms with E-state index in [1.165, 1.54) is 18.2 Å². The number of fused-ring (bicyclic) bond motifs is 2. The van der Waals surface area contributed by atoms with Gasteiger partial charge in [0.25, 0.3) is 0 Å². The van der Waals surface area contributed by atoms with Gasteiger partial charge in [-0.1, -0.05) is 17.7 Å². The first-order valence-electron chi connectivity index (χ1n) is 10.4. The molecule has 0 bridgehead atoms. The number of hydrogen-bond donors (Lipinski definition) is 0. The van der Waals surface area contributed by atoms with E-state index in [4.69, 9.17) is 9.73 Å². The number of carbonyl (C=O) groups is 1. The topological polar surface area (TPSA) is 50.1 Å². The maximum absolute atomic E-state index is 12.1. The molecule has 0 unspecified atom stereocenters. The molecular formula is C23H29BrN4O2. The summed E-state index contributed by atoms with van der Waals surface area (Å²) in [5.41, 5.74) is 4.16. The lowest BCUT2D eigenvalue weighted by Crippen LogP contribution is -2.52. The third kappa shape index (κ3) is 4.05. The van der Waals surface area contributed by atoms with E-state index in [0.717, 1.165) is 54.5 Å². The highest BCUT2D eigenvalue weighted by Crippen LogP contribution is 2.31. The fourth-order valence-electron chi connectivity index (χ4n) is 4.34. The molecule has 1 fully saturated rings. The molecule has 0 N–H and O–H groups in total. The van der Waals surface area contributed by atoms with Crippen molar-refractivity contribution in [3.05, 3.63) is 51.8 Å². The number of aromatic nitrogens is 1. The predicted molar refractivity (Wildman–Crippen MR) is 122 cm³/mol. The van der Waals surface area contributed by atoms with Crippen molar-refractivity contribution in [2.45, 2.75) is 27.3 Å². The van der Waals surface area contributed by atoms with Crippen molar-refractivity contribution in [1.82, 2.24) is 14.4 Å². The summed E-state index contributed by atoms with van der Waals surface area (Å²) in [5.74, 6) is 0.864. The number of aliphatic imine (C=N–C) groups is 1. The van der Waals surface area contributed by atoms with Gasteiger partial charge in [-0.2, -0.15) is 0 Å². The van der Waals surface area contributed by atoms with Gasteiger partial charge in [0.05, 0.1) is 35.1 Å². The largest absolute Gasteiger partial charge is 0.469 e. The molecule has 0 aliphatic carbocycles. The number of methoxy groups -OCH3 is 1. The van der Waals surface area contributed by atoms with Crippen molar-refractivity contribution in [1.29, 1.82) is 0 Å². The highest BCUT2D eigenvalue weighted by atomic mass is 79.9. The first-order chi connectivity index (χ1) is 14.3. The summed E-state index contributed by atoms with van der Waals surface area (Å²) in [6, 6.07) is 10.7. The number of piperazine rings is 1. The van der Waals surface area contributed by atoms with E-state index in [1.54, 1.807) is 0 Å². The van der Waals surface area contributed by atoms with Crippen LogP contribution in [0.3, 0.4) is 0 Å². The van der Waals surface area contributed by atoms with E-state index in [1.807, 2.05) is 13.8 Å². The minimum atomic E-state index is -0.507. The molecule has 4 rings (SSSR count). The number of nitrogens with zero attached hydrogens (tertiary/aromatic N) is 4. The molecule has 0 radical (unpaired) electrons. The second-order valence-electron chi connectivity index (χ2n) is 8.83. The number of benzene rings is 1. The second kappa shape index (κ2) is 8.19. The number of esters is 1. The Morgan fingerprint density at radius 2 is 1.90 bits per heavy atom. The molecule has 2 aliphatic heterocycles. The van der Waals surface area contributed by atoms with Gasteiger partial charge in [-0.3, -0.25) is 9.69 Å². The fourth-order valence-corrected chi connectivity index (χ4v) is 4.79. The molecule has 1 aromatic heterocycles. The molecule has 30 heavy (non-hydrogen) atoms. The third-order valence-electron chi connectivity index (χ3n) is 5.97. The molecular weight excluding hydrogens is 444 g/mol. The van der Waals surface area contributed by atoms with E-state index in [0.29, 0.717) is 6.54 Å². The van der Waals surface area contributed by atoms with Crippen molar-refractivity contribution in [3.8, 4) is 0 Å². The van der Waals surface area contributed by atoms with Crippen LogP contribution in [0.25, 0.3) is 0 Å². The first-order valence-corrected chi connectivity index (χ1v) is 11.2. The molecule has 0 amide bonds. The maximum Gasteiger partial charge on any atom is 0.312 e. The molecule has 1 aromatic carbocycles. The van der Waals surface area contributed by atoms with Gasteiger partial charge in [0.1, 0.15) is 0 Å². The normalized spacial score (nSPS) is 17.1. The third-order valence-corrected chi connectivity index (χ3v) is 6.67. The molecule has 1 saturated heterocycles. The Kier molecular flexibility index (Phi) is 5.77. The van der Waals surface area contributed by atoms with E-state index in [-0.39, 0.29) is 5.97 Å². The number of ether oxygens (including phenoxy) is 1. The van der Waals surface area contributed by atoms with Gasteiger partial charge in [0.2, 0.25) is 0 Å². The number of halogens is 1. The Morgan fingerprint density at radius 3 is 2.60 bits per heavy atom. The van der Waals surface area contributed by atoms with Crippen LogP contribution in [0.4, 0.5) is 5.69 Å². The van der Waals surface area contributed by atoms with Gasteiger partial charge in [0, 0.05) is 32.7 Å². The monoisotopic (exact) mass is 472 g/mol. The van der Waals surface area contributed by atoms with Gasteiger partial charge >= 0.3 is 5.97 Å². The summed E-state index contributed by atoms with van der Waals surface area (Å²) in [6.07, 6.45) is 0. The molecule has 0 atom stereocenters. The highest BCUT2D eigenvalue weighted by molar-refractivity contribution is 9.10. The van der Waals surface area contributed by atoms with Crippen molar-refractivity contribution < 1.29 is 9.53 Å². The molecule has 3 heterocycles. The number of amidine groups is 1. The van der Waals surface area contributed by atoms with Crippen LogP contribution in [0.5, 0.6) is 0 Å². The zero-order chi connectivity index (χ0) is 21.5. The van der Waals surface area contributed by atoms with Gasteiger partial charge < -0.3 is 14.2 Å². The average Bonchev–Trinajstić information content (AvgIpc) is 2.98. The van der Waals surface area contributed by atoms with Crippen molar-refractivity contribution in [2.24, 2.45) is 10.4 Å². The minimum absolute atomic E-state index is 0.160. The van der Waals surface area contributed by atoms with E-state index >= 15 is 0 Å². The van der Waals surface area contributed by atoms with Gasteiger partial charge in [0.15, 0.2) is 5.84 Å². The summed E-state index contributed by atoms with van der Waals surface area (Å²) in [4.78, 5) is 21.9. The summed E-state index contributed by atoms with van der Waals surface area (Å²) in [5, 5.41) is 0. The molecule has 0 spiro atoms. The summed E-state index contributed by atoms with van der Waals surface area (Å²) >= 11 is 3.71. The Hall–Kier alpha value is -2.12. The second-order valence-corrected chi connectivity index (χ2v) is 9.65. The Morgan fingerprint density at radius 1 is 1.17 bits per heavy atom. The lowest BCUT2D eigenvalue weighted by molar-refractivity contribution is -0.152. The van der Waals surface area contributed by atoms with E-state index < -0.39 is 5.41 Å². The summed E-state index contributed by atoms with van der Waals surface area (Å²) < 4.78 is 8.32. The minimum Gasteiger partial charge on any atom is -0.469 e. The quantitative estimate of drug-likeness (QED) is 0.637. The van der Waals surface area contributed by atoms with Crippen molar-refractivity contribution in [3.63, 3.8) is 0 Å². The SMILES string of the molecule is COC(=O)C(C)(C)CN1CCN(C2=Nc3ccc(C)cc3Cn3c(Br)ccc32)CC1. The van der Waals surface area contributed by atoms with Gasteiger partial charge in [-0.15, -0.1) is 0 Å². The summed E-state index contributed by atoms with van der Waals surface area (Å²) in [7, 11) is 1.46. The molecule has 2 aliphatic rings. The zero-order valence-corrected chi connectivity index (χ0v) is 19.7. The van der Waals surface area contributed by atoms with Gasteiger partial charge in [-0.05, 0) is 60.5 Å². The van der Waals surface area contributed by atoms with Crippen molar-refractivity contribution >= 4 is 33.4 Å². The smallest absolute Gasteiger partial charge is 0.312 e. The first kappa shape index (κ1) is 21.1. The zero-order valence-electron chi connectivity index (χ0n) is 18.1. The van der Waals surface area contributed by atoms with Crippen LogP contribution in [0.2, 0.25) is 0 Å². The summed E-state index contributed by atoms with van der Waals surface area (Å²) in [6.45, 7) is 11.1. The van der Waals surface area contributed by atoms with Crippen LogP contribution >= 0.6 is 15.9 Å². The van der Waals surface area contributed by atoms with Crippen LogP contribution in [0, 0.1) is 12.3 Å². The highest BCUT2D eigenvalue weighted by Gasteiger charge is 2.33. The molecule has 0 saturated carbocycles. The standard InChI is InChI=1S/C23H29BrN4O2/c1-16-5-6-18-17(13-16)14-28-19(7-8-20(28)24)21(25-18)27-11-9-26(10-12-27)15-23(2,3)22(29)30-4/h5-8,13H,9-12,14-15H2,1-4H3. The predicted octanol–water partition coefficient (Wildman–Crippen LogP) is 3.82. The van der Waals surface area contributed by atoms with Gasteiger partial charge in [-0.25, -0.2) is 4.99 Å². The number of aryl methyl sites for hydroxylation is 1. The molecule has 7 heteroatoms. The van der Waals surface area contributed by atoms with E-state index in [9.17, 15) is 4.79 Å². The number of carbonyl (C=O) groups excluding carboxylic acids is 1. The van der Waals surface area contributed by atoms with Crippen LogP contribution < -0.4 is 0 Å². The Bertz CT molecular complexity index is 987. The Labute approximate surface area is 186 Å². The van der Waals surface area contributed by atoms with Crippen molar-refractivity contribution in [2.75, 3.05) is 39.8 Å². The van der Waals surface area contributed by atoms with E-state index in [2.05, 4.69) is 67.6 Å². The molecule has 160 valence electrons. The number of hydrogen-bond acceptors (Lipinski definition) is 5. The maximum atomic E-state index is 12.1. The molecule has 2 aromatic rings. The lowest BCUT2D eigenvalue weighted by atomic mass is 9.92. The average molecular weight is 473 g/mol.